The second-order valence-electron chi connectivity index (χ2n) is 9.78. The minimum Gasteiger partial charge on any atom is -0.481 e. The molecule has 0 saturated carbocycles. The maximum Gasteiger partial charge on any atom is 0.341 e. The van der Waals surface area contributed by atoms with E-state index in [1.807, 2.05) is 0 Å². The van der Waals surface area contributed by atoms with Gasteiger partial charge in [-0.25, -0.2) is 4.79 Å². The maximum absolute atomic E-state index is 13.3. The van der Waals surface area contributed by atoms with Gasteiger partial charge in [-0.3, -0.25) is 9.59 Å². The second-order valence-corrected chi connectivity index (χ2v) is 10.9. The molecule has 1 aromatic rings. The molecule has 188 valence electrons. The smallest absolute Gasteiger partial charge is 0.341 e. The molecule has 3 aliphatic rings. The zero-order chi connectivity index (χ0) is 24.1. The van der Waals surface area contributed by atoms with Crippen LogP contribution in [-0.4, -0.2) is 41.8 Å². The van der Waals surface area contributed by atoms with Crippen molar-refractivity contribution in [3.63, 3.8) is 0 Å². The minimum atomic E-state index is -0.994. The SMILES string of the molecule is CCOC(=O)c1c(NC(=O)[C@@H]2[C@@H](C(=O)O)[C@H]3CC[C@@H]2O3)sc2c1CCCCCCCCCCC2. The van der Waals surface area contributed by atoms with E-state index in [4.69, 9.17) is 9.47 Å². The molecule has 34 heavy (non-hydrogen) atoms. The minimum absolute atomic E-state index is 0.262. The number of fused-ring (bicyclic) bond motifs is 3. The molecule has 0 aromatic carbocycles. The fraction of sp³-hybridized carbons (Fsp3) is 0.731. The van der Waals surface area contributed by atoms with Crippen molar-refractivity contribution in [2.24, 2.45) is 11.8 Å². The summed E-state index contributed by atoms with van der Waals surface area (Å²) in [5, 5.41) is 13.2. The lowest BCUT2D eigenvalue weighted by atomic mass is 9.78. The second kappa shape index (κ2) is 11.7. The van der Waals surface area contributed by atoms with Crippen LogP contribution in [0.25, 0.3) is 0 Å². The molecule has 2 bridgehead atoms. The number of aliphatic carboxylic acids is 1. The highest BCUT2D eigenvalue weighted by Gasteiger charge is 2.55. The number of hydrogen-bond donors (Lipinski definition) is 2. The Morgan fingerprint density at radius 1 is 0.941 bits per heavy atom. The van der Waals surface area contributed by atoms with Crippen LogP contribution in [-0.2, 0) is 31.9 Å². The fourth-order valence-electron chi connectivity index (χ4n) is 5.83. The summed E-state index contributed by atoms with van der Waals surface area (Å²) in [5.74, 6) is -3.34. The quantitative estimate of drug-likeness (QED) is 0.538. The molecule has 1 aromatic heterocycles. The molecule has 4 rings (SSSR count). The first-order chi connectivity index (χ1) is 16.5. The molecule has 0 spiro atoms. The van der Waals surface area contributed by atoms with E-state index in [1.165, 1.54) is 43.4 Å². The van der Waals surface area contributed by atoms with Gasteiger partial charge in [0.15, 0.2) is 0 Å². The lowest BCUT2D eigenvalue weighted by Gasteiger charge is -2.23. The highest BCUT2D eigenvalue weighted by Crippen LogP contribution is 2.45. The molecule has 0 unspecified atom stereocenters. The number of ether oxygens (including phenoxy) is 2. The van der Waals surface area contributed by atoms with Crippen molar-refractivity contribution in [3.05, 3.63) is 16.0 Å². The summed E-state index contributed by atoms with van der Waals surface area (Å²) in [6, 6.07) is 0. The highest BCUT2D eigenvalue weighted by atomic mass is 32.1. The van der Waals surface area contributed by atoms with Gasteiger partial charge in [0.1, 0.15) is 5.00 Å². The first-order valence-electron chi connectivity index (χ1n) is 13.0. The van der Waals surface area contributed by atoms with E-state index in [9.17, 15) is 19.5 Å². The summed E-state index contributed by atoms with van der Waals surface area (Å²) in [5.41, 5.74) is 1.48. The average molecular weight is 492 g/mol. The van der Waals surface area contributed by atoms with E-state index >= 15 is 0 Å². The molecule has 2 fully saturated rings. The number of aryl methyl sites for hydroxylation is 1. The van der Waals surface area contributed by atoms with Gasteiger partial charge in [-0.1, -0.05) is 44.9 Å². The molecule has 2 N–H and O–H groups in total. The van der Waals surface area contributed by atoms with Gasteiger partial charge in [-0.05, 0) is 51.0 Å². The number of hydrogen-bond acceptors (Lipinski definition) is 6. The number of carbonyl (C=O) groups excluding carboxylic acids is 2. The predicted molar refractivity (Wildman–Crippen MR) is 130 cm³/mol. The van der Waals surface area contributed by atoms with Gasteiger partial charge in [-0.15, -0.1) is 11.3 Å². The Balaban J connectivity index is 1.61. The maximum atomic E-state index is 13.3. The summed E-state index contributed by atoms with van der Waals surface area (Å²) in [6.45, 7) is 2.04. The first-order valence-corrected chi connectivity index (χ1v) is 13.8. The van der Waals surface area contributed by atoms with Gasteiger partial charge in [0.2, 0.25) is 5.91 Å². The zero-order valence-electron chi connectivity index (χ0n) is 20.1. The standard InChI is InChI=1S/C26H37NO6S/c1-2-32-26(31)20-16-12-10-8-6-4-3-5-7-9-11-13-19(16)34-24(20)27-23(28)21-17-14-15-18(33-17)22(21)25(29)30/h17-18,21-22H,2-15H2,1H3,(H,27,28)(H,29,30)/t17-,18+,21-,22-/m0/s1. The van der Waals surface area contributed by atoms with Gasteiger partial charge in [-0.2, -0.15) is 0 Å². The third kappa shape index (κ3) is 5.48. The topological polar surface area (TPSA) is 102 Å². The van der Waals surface area contributed by atoms with Crippen LogP contribution in [0.4, 0.5) is 5.00 Å². The summed E-state index contributed by atoms with van der Waals surface area (Å²) in [7, 11) is 0. The predicted octanol–water partition coefficient (Wildman–Crippen LogP) is 5.35. The van der Waals surface area contributed by atoms with Crippen LogP contribution in [0.3, 0.4) is 0 Å². The van der Waals surface area contributed by atoms with Crippen molar-refractivity contribution < 1.29 is 29.0 Å². The molecule has 3 heterocycles. The fourth-order valence-corrected chi connectivity index (χ4v) is 7.11. The van der Waals surface area contributed by atoms with E-state index in [0.717, 1.165) is 49.0 Å². The van der Waals surface area contributed by atoms with Gasteiger partial charge in [0.05, 0.1) is 36.2 Å². The summed E-state index contributed by atoms with van der Waals surface area (Å²) < 4.78 is 11.2. The largest absolute Gasteiger partial charge is 0.481 e. The number of carboxylic acids is 1. The van der Waals surface area contributed by atoms with Crippen molar-refractivity contribution >= 4 is 34.2 Å². The number of anilines is 1. The van der Waals surface area contributed by atoms with E-state index in [0.29, 0.717) is 23.4 Å². The van der Waals surface area contributed by atoms with Crippen molar-refractivity contribution in [3.8, 4) is 0 Å². The molecular weight excluding hydrogens is 454 g/mol. The number of amides is 1. The lowest BCUT2D eigenvalue weighted by Crippen LogP contribution is -2.41. The number of rotatable bonds is 5. The molecule has 1 amide bonds. The van der Waals surface area contributed by atoms with Crippen LogP contribution < -0.4 is 5.32 Å². The van der Waals surface area contributed by atoms with E-state index < -0.39 is 29.9 Å². The molecule has 1 aliphatic carbocycles. The molecule has 2 aliphatic heterocycles. The van der Waals surface area contributed by atoms with Crippen molar-refractivity contribution in [1.29, 1.82) is 0 Å². The van der Waals surface area contributed by atoms with Crippen LogP contribution in [0.1, 0.15) is 98.4 Å². The van der Waals surface area contributed by atoms with Crippen LogP contribution >= 0.6 is 11.3 Å². The van der Waals surface area contributed by atoms with E-state index in [2.05, 4.69) is 5.32 Å². The number of esters is 1. The number of carboxylic acid groups (broad SMARTS) is 1. The molecule has 4 atom stereocenters. The Morgan fingerprint density at radius 3 is 2.15 bits per heavy atom. The number of carbonyl (C=O) groups is 3. The third-order valence-electron chi connectivity index (χ3n) is 7.50. The van der Waals surface area contributed by atoms with Gasteiger partial charge < -0.3 is 19.9 Å². The average Bonchev–Trinajstić information content (AvgIpc) is 3.50. The lowest BCUT2D eigenvalue weighted by molar-refractivity contribution is -0.147. The Bertz CT molecular complexity index is 896. The first kappa shape index (κ1) is 25.2. The van der Waals surface area contributed by atoms with Gasteiger partial charge in [0.25, 0.3) is 0 Å². The third-order valence-corrected chi connectivity index (χ3v) is 8.71. The summed E-state index contributed by atoms with van der Waals surface area (Å²) in [6.07, 6.45) is 12.9. The molecule has 7 nitrogen and oxygen atoms in total. The molecule has 2 saturated heterocycles. The van der Waals surface area contributed by atoms with Crippen LogP contribution in [0.5, 0.6) is 0 Å². The van der Waals surface area contributed by atoms with Crippen molar-refractivity contribution in [1.82, 2.24) is 0 Å². The Kier molecular flexibility index (Phi) is 8.64. The molecule has 0 radical (unpaired) electrons. The zero-order valence-corrected chi connectivity index (χ0v) is 20.9. The summed E-state index contributed by atoms with van der Waals surface area (Å²) in [4.78, 5) is 39.4. The van der Waals surface area contributed by atoms with E-state index in [1.54, 1.807) is 6.92 Å². The van der Waals surface area contributed by atoms with Crippen LogP contribution in [0.15, 0.2) is 0 Å². The van der Waals surface area contributed by atoms with Crippen molar-refractivity contribution in [2.75, 3.05) is 11.9 Å². The van der Waals surface area contributed by atoms with Crippen LogP contribution in [0.2, 0.25) is 0 Å². The van der Waals surface area contributed by atoms with Gasteiger partial charge in [0, 0.05) is 4.88 Å². The summed E-state index contributed by atoms with van der Waals surface area (Å²) >= 11 is 1.47. The molecule has 8 heteroatoms. The number of nitrogens with one attached hydrogen (secondary N) is 1. The highest BCUT2D eigenvalue weighted by molar-refractivity contribution is 7.17. The number of thiophene rings is 1. The Labute approximate surface area is 205 Å². The monoisotopic (exact) mass is 491 g/mol. The molecular formula is C26H37NO6S. The van der Waals surface area contributed by atoms with Gasteiger partial charge >= 0.3 is 11.9 Å². The van der Waals surface area contributed by atoms with Crippen molar-refractivity contribution in [2.45, 2.75) is 103 Å². The normalized spacial score (nSPS) is 27.7. The van der Waals surface area contributed by atoms with Crippen LogP contribution in [0, 0.1) is 11.8 Å². The Hall–Kier alpha value is -1.93. The Morgan fingerprint density at radius 2 is 1.53 bits per heavy atom. The van der Waals surface area contributed by atoms with E-state index in [-0.39, 0.29) is 18.6 Å².